The Labute approximate surface area is 112 Å². The van der Waals surface area contributed by atoms with Crippen molar-refractivity contribution in [2.45, 2.75) is 26.3 Å². The molecule has 0 aromatic carbocycles. The molecule has 0 bridgehead atoms. The molecule has 0 saturated heterocycles. The Balaban J connectivity index is 2.19. The van der Waals surface area contributed by atoms with Gasteiger partial charge in [-0.25, -0.2) is 9.97 Å². The lowest BCUT2D eigenvalue weighted by molar-refractivity contribution is 0.577. The number of H-pyrrole nitrogens is 1. The van der Waals surface area contributed by atoms with Gasteiger partial charge in [0.1, 0.15) is 17.5 Å². The maximum Gasteiger partial charge on any atom is 0.136 e. The molecule has 0 radical (unpaired) electrons. The molecular formula is C13H20N6. The lowest BCUT2D eigenvalue weighted by Crippen LogP contribution is -2.39. The van der Waals surface area contributed by atoms with Crippen molar-refractivity contribution in [1.82, 2.24) is 15.0 Å². The topological polar surface area (TPSA) is 91.7 Å². The number of hydrogen-bond donors (Lipinski definition) is 4. The average molecular weight is 260 g/mol. The summed E-state index contributed by atoms with van der Waals surface area (Å²) in [6.07, 6.45) is 3.72. The van der Waals surface area contributed by atoms with Crippen LogP contribution in [0.1, 0.15) is 19.7 Å². The summed E-state index contributed by atoms with van der Waals surface area (Å²) >= 11 is 0. The van der Waals surface area contributed by atoms with Crippen LogP contribution in [0.25, 0.3) is 0 Å². The van der Waals surface area contributed by atoms with Crippen LogP contribution in [0, 0.1) is 6.92 Å². The smallest absolute Gasteiger partial charge is 0.136 e. The summed E-state index contributed by atoms with van der Waals surface area (Å²) < 4.78 is 0. The number of nitrogens with one attached hydrogen (secondary N) is 3. The zero-order chi connectivity index (χ0) is 13.9. The molecule has 0 aliphatic heterocycles. The van der Waals surface area contributed by atoms with Gasteiger partial charge < -0.3 is 21.4 Å². The zero-order valence-electron chi connectivity index (χ0n) is 11.5. The molecule has 0 fully saturated rings. The summed E-state index contributed by atoms with van der Waals surface area (Å²) in [4.78, 5) is 11.7. The van der Waals surface area contributed by atoms with E-state index in [1.165, 1.54) is 0 Å². The summed E-state index contributed by atoms with van der Waals surface area (Å²) in [6, 6.07) is 3.81. The van der Waals surface area contributed by atoms with Crippen LogP contribution in [-0.4, -0.2) is 27.0 Å². The molecule has 0 amide bonds. The summed E-state index contributed by atoms with van der Waals surface area (Å²) in [5.41, 5.74) is 6.47. The summed E-state index contributed by atoms with van der Waals surface area (Å²) in [6.45, 7) is 6.45. The molecule has 19 heavy (non-hydrogen) atoms. The highest BCUT2D eigenvalue weighted by Gasteiger charge is 2.16. The van der Waals surface area contributed by atoms with Gasteiger partial charge in [0, 0.05) is 30.5 Å². The predicted molar refractivity (Wildman–Crippen MR) is 77.6 cm³/mol. The average Bonchev–Trinajstić information content (AvgIpc) is 2.80. The lowest BCUT2D eigenvalue weighted by atomic mass is 10.1. The molecule has 5 N–H and O–H groups in total. The van der Waals surface area contributed by atoms with Crippen LogP contribution in [0.4, 0.5) is 17.3 Å². The van der Waals surface area contributed by atoms with E-state index in [2.05, 4.69) is 25.6 Å². The fourth-order valence-corrected chi connectivity index (χ4v) is 1.64. The van der Waals surface area contributed by atoms with Gasteiger partial charge in [0.2, 0.25) is 0 Å². The molecule has 0 spiro atoms. The standard InChI is InChI=1S/C13H20N6/c1-9-16-11(18-10-4-5-15-7-10)6-12(17-9)19-13(2,3)8-14/h4-7,15H,8,14H2,1-3H3,(H2,16,17,18,19). The van der Waals surface area contributed by atoms with Crippen LogP contribution in [0.2, 0.25) is 0 Å². The summed E-state index contributed by atoms with van der Waals surface area (Å²) in [5.74, 6) is 2.22. The first kappa shape index (κ1) is 13.4. The van der Waals surface area contributed by atoms with E-state index in [0.29, 0.717) is 12.4 Å². The number of rotatable bonds is 5. The summed E-state index contributed by atoms with van der Waals surface area (Å²) in [5, 5.41) is 6.52. The molecule has 2 aromatic heterocycles. The second kappa shape index (κ2) is 5.27. The van der Waals surface area contributed by atoms with Crippen molar-refractivity contribution in [3.8, 4) is 0 Å². The largest absolute Gasteiger partial charge is 0.366 e. The van der Waals surface area contributed by atoms with Crippen LogP contribution < -0.4 is 16.4 Å². The van der Waals surface area contributed by atoms with Gasteiger partial charge in [0.15, 0.2) is 0 Å². The second-order valence-corrected chi connectivity index (χ2v) is 5.12. The van der Waals surface area contributed by atoms with Gasteiger partial charge in [0.05, 0.1) is 5.69 Å². The normalized spacial score (nSPS) is 11.4. The zero-order valence-corrected chi connectivity index (χ0v) is 11.5. The van der Waals surface area contributed by atoms with E-state index >= 15 is 0 Å². The Morgan fingerprint density at radius 1 is 1.32 bits per heavy atom. The molecule has 0 unspecified atom stereocenters. The SMILES string of the molecule is Cc1nc(Nc2cc[nH]c2)cc(NC(C)(C)CN)n1. The molecule has 0 aliphatic rings. The van der Waals surface area contributed by atoms with Crippen molar-refractivity contribution in [2.75, 3.05) is 17.2 Å². The van der Waals surface area contributed by atoms with E-state index in [9.17, 15) is 0 Å². The van der Waals surface area contributed by atoms with Crippen LogP contribution >= 0.6 is 0 Å². The molecule has 102 valence electrons. The number of anilines is 3. The Morgan fingerprint density at radius 3 is 2.68 bits per heavy atom. The minimum Gasteiger partial charge on any atom is -0.366 e. The van der Waals surface area contributed by atoms with Crippen molar-refractivity contribution in [3.63, 3.8) is 0 Å². The Bertz CT molecular complexity index is 532. The molecule has 0 atom stereocenters. The van der Waals surface area contributed by atoms with Gasteiger partial charge in [-0.2, -0.15) is 0 Å². The molecule has 6 heteroatoms. The molecule has 2 rings (SSSR count). The van der Waals surface area contributed by atoms with Crippen molar-refractivity contribution in [3.05, 3.63) is 30.4 Å². The van der Waals surface area contributed by atoms with Gasteiger partial charge in [-0.1, -0.05) is 0 Å². The minimum absolute atomic E-state index is 0.202. The highest BCUT2D eigenvalue weighted by Crippen LogP contribution is 2.19. The monoisotopic (exact) mass is 260 g/mol. The fraction of sp³-hybridized carbons (Fsp3) is 0.385. The van der Waals surface area contributed by atoms with Crippen LogP contribution in [-0.2, 0) is 0 Å². The molecule has 0 saturated carbocycles. The quantitative estimate of drug-likeness (QED) is 0.660. The summed E-state index contributed by atoms with van der Waals surface area (Å²) in [7, 11) is 0. The first-order valence-electron chi connectivity index (χ1n) is 6.22. The maximum atomic E-state index is 5.71. The minimum atomic E-state index is -0.202. The maximum absolute atomic E-state index is 5.71. The highest BCUT2D eigenvalue weighted by atomic mass is 15.1. The van der Waals surface area contributed by atoms with Crippen LogP contribution in [0.5, 0.6) is 0 Å². The van der Waals surface area contributed by atoms with E-state index in [1.54, 1.807) is 0 Å². The number of nitrogens with zero attached hydrogens (tertiary/aromatic N) is 2. The molecule has 2 aromatic rings. The second-order valence-electron chi connectivity index (χ2n) is 5.12. The third-order valence-corrected chi connectivity index (χ3v) is 2.69. The van der Waals surface area contributed by atoms with Crippen molar-refractivity contribution < 1.29 is 0 Å². The Morgan fingerprint density at radius 2 is 2.05 bits per heavy atom. The van der Waals surface area contributed by atoms with Gasteiger partial charge in [0.25, 0.3) is 0 Å². The molecule has 0 aliphatic carbocycles. The molecule has 6 nitrogen and oxygen atoms in total. The number of aromatic amines is 1. The lowest BCUT2D eigenvalue weighted by Gasteiger charge is -2.25. The number of nitrogens with two attached hydrogens (primary N) is 1. The van der Waals surface area contributed by atoms with E-state index in [4.69, 9.17) is 5.73 Å². The molecular weight excluding hydrogens is 240 g/mol. The van der Waals surface area contributed by atoms with Crippen molar-refractivity contribution in [1.29, 1.82) is 0 Å². The fourth-order valence-electron chi connectivity index (χ4n) is 1.64. The third kappa shape index (κ3) is 3.69. The number of aromatic nitrogens is 3. The van der Waals surface area contributed by atoms with Crippen molar-refractivity contribution >= 4 is 17.3 Å². The first-order chi connectivity index (χ1) is 8.98. The first-order valence-corrected chi connectivity index (χ1v) is 6.22. The van der Waals surface area contributed by atoms with Gasteiger partial charge in [-0.05, 0) is 26.8 Å². The predicted octanol–water partition coefficient (Wildman–Crippen LogP) is 2.01. The van der Waals surface area contributed by atoms with Crippen molar-refractivity contribution in [2.24, 2.45) is 5.73 Å². The highest BCUT2D eigenvalue weighted by molar-refractivity contribution is 5.58. The number of hydrogen-bond acceptors (Lipinski definition) is 5. The van der Waals surface area contributed by atoms with E-state index in [-0.39, 0.29) is 5.54 Å². The number of aryl methyl sites for hydroxylation is 1. The van der Waals surface area contributed by atoms with E-state index in [1.807, 2.05) is 45.3 Å². The van der Waals surface area contributed by atoms with Gasteiger partial charge in [-0.3, -0.25) is 0 Å². The molecule has 2 heterocycles. The Kier molecular flexibility index (Phi) is 3.71. The van der Waals surface area contributed by atoms with Gasteiger partial charge in [-0.15, -0.1) is 0 Å². The third-order valence-electron chi connectivity index (χ3n) is 2.69. The van der Waals surface area contributed by atoms with E-state index < -0.39 is 0 Å². The Hall–Kier alpha value is -2.08. The van der Waals surface area contributed by atoms with E-state index in [0.717, 1.165) is 17.3 Å². The van der Waals surface area contributed by atoms with Gasteiger partial charge >= 0.3 is 0 Å². The van der Waals surface area contributed by atoms with Crippen LogP contribution in [0.15, 0.2) is 24.5 Å². The van der Waals surface area contributed by atoms with Crippen LogP contribution in [0.3, 0.4) is 0 Å².